The predicted octanol–water partition coefficient (Wildman–Crippen LogP) is 5.69. The van der Waals surface area contributed by atoms with E-state index in [0.29, 0.717) is 34.3 Å². The summed E-state index contributed by atoms with van der Waals surface area (Å²) in [6.07, 6.45) is 1.86. The van der Waals surface area contributed by atoms with E-state index in [1.54, 1.807) is 12.1 Å². The van der Waals surface area contributed by atoms with Crippen molar-refractivity contribution in [1.82, 2.24) is 0 Å². The van der Waals surface area contributed by atoms with Gasteiger partial charge in [0, 0.05) is 16.6 Å². The number of hydrogen-bond acceptors (Lipinski definition) is 4. The molecular formula is C24H25NO4. The summed E-state index contributed by atoms with van der Waals surface area (Å²) in [6, 6.07) is 11.2. The number of ketones is 1. The molecule has 5 nitrogen and oxygen atoms in total. The number of amides is 1. The number of benzene rings is 2. The summed E-state index contributed by atoms with van der Waals surface area (Å²) in [6.45, 7) is 7.81. The first-order valence-corrected chi connectivity index (χ1v) is 10.0. The van der Waals surface area contributed by atoms with Gasteiger partial charge >= 0.3 is 0 Å². The highest BCUT2D eigenvalue weighted by atomic mass is 16.5. The van der Waals surface area contributed by atoms with Crippen LogP contribution in [0.15, 0.2) is 40.8 Å². The molecular weight excluding hydrogens is 366 g/mol. The molecule has 0 fully saturated rings. The molecule has 0 unspecified atom stereocenters. The molecule has 29 heavy (non-hydrogen) atoms. The lowest BCUT2D eigenvalue weighted by molar-refractivity contribution is 0.0503. The lowest BCUT2D eigenvalue weighted by Gasteiger charge is -2.34. The molecule has 0 radical (unpaired) electrons. The van der Waals surface area contributed by atoms with Gasteiger partial charge in [-0.3, -0.25) is 9.59 Å². The third kappa shape index (κ3) is 3.20. The van der Waals surface area contributed by atoms with Crippen molar-refractivity contribution in [3.8, 4) is 5.75 Å². The maximum Gasteiger partial charge on any atom is 0.291 e. The van der Waals surface area contributed by atoms with Gasteiger partial charge in [-0.2, -0.15) is 0 Å². The summed E-state index contributed by atoms with van der Waals surface area (Å²) in [7, 11) is 0. The van der Waals surface area contributed by atoms with Gasteiger partial charge in [0.25, 0.3) is 5.91 Å². The fourth-order valence-corrected chi connectivity index (χ4v) is 3.96. The molecule has 1 aliphatic heterocycles. The normalized spacial score (nSPS) is 18.4. The fraction of sp³-hybridized carbons (Fsp3) is 0.333. The van der Waals surface area contributed by atoms with Crippen LogP contribution >= 0.6 is 0 Å². The zero-order valence-corrected chi connectivity index (χ0v) is 17.2. The summed E-state index contributed by atoms with van der Waals surface area (Å²) < 4.78 is 12.0. The van der Waals surface area contributed by atoms with Crippen LogP contribution < -0.4 is 10.1 Å². The maximum atomic E-state index is 13.0. The number of anilines is 1. The molecule has 4 rings (SSSR count). The Morgan fingerprint density at radius 1 is 1.17 bits per heavy atom. The van der Waals surface area contributed by atoms with Crippen LogP contribution in [-0.4, -0.2) is 17.3 Å². The minimum atomic E-state index is -0.501. The highest BCUT2D eigenvalue weighted by molar-refractivity contribution is 6.14. The van der Waals surface area contributed by atoms with Gasteiger partial charge in [0.15, 0.2) is 11.5 Å². The van der Waals surface area contributed by atoms with Crippen LogP contribution in [0.3, 0.4) is 0 Å². The number of rotatable bonds is 4. The molecule has 0 saturated carbocycles. The second-order valence-corrected chi connectivity index (χ2v) is 7.84. The Morgan fingerprint density at radius 2 is 1.93 bits per heavy atom. The van der Waals surface area contributed by atoms with Gasteiger partial charge in [-0.05, 0) is 50.5 Å². The number of aryl methyl sites for hydroxylation is 2. The molecule has 0 bridgehead atoms. The number of nitrogens with one attached hydrogen (secondary N) is 1. The van der Waals surface area contributed by atoms with Crippen molar-refractivity contribution in [2.24, 2.45) is 0 Å². The quantitative estimate of drug-likeness (QED) is 0.620. The fourth-order valence-electron chi connectivity index (χ4n) is 3.96. The number of carbonyl (C=O) groups is 2. The van der Waals surface area contributed by atoms with Crippen LogP contribution in [-0.2, 0) is 6.42 Å². The van der Waals surface area contributed by atoms with Crippen LogP contribution in [0.1, 0.15) is 65.7 Å². The predicted molar refractivity (Wildman–Crippen MR) is 113 cm³/mol. The van der Waals surface area contributed by atoms with Crippen LogP contribution in [0.4, 0.5) is 5.69 Å². The Kier molecular flexibility index (Phi) is 4.69. The molecule has 1 aliphatic rings. The first kappa shape index (κ1) is 19.2. The largest absolute Gasteiger partial charge is 0.486 e. The summed E-state index contributed by atoms with van der Waals surface area (Å²) in [4.78, 5) is 25.9. The van der Waals surface area contributed by atoms with E-state index in [1.165, 1.54) is 0 Å². The topological polar surface area (TPSA) is 68.5 Å². The molecule has 1 amide bonds. The smallest absolute Gasteiger partial charge is 0.291 e. The van der Waals surface area contributed by atoms with E-state index in [2.05, 4.69) is 5.32 Å². The number of carbonyl (C=O) groups excluding carboxylic acids is 2. The zero-order valence-electron chi connectivity index (χ0n) is 17.2. The summed E-state index contributed by atoms with van der Waals surface area (Å²) >= 11 is 0. The van der Waals surface area contributed by atoms with Gasteiger partial charge < -0.3 is 14.5 Å². The van der Waals surface area contributed by atoms with Gasteiger partial charge in [0.2, 0.25) is 0 Å². The Hall–Kier alpha value is -3.08. The van der Waals surface area contributed by atoms with Crippen molar-refractivity contribution in [1.29, 1.82) is 0 Å². The number of ether oxygens (including phenoxy) is 1. The molecule has 2 aromatic carbocycles. The molecule has 1 atom stereocenters. The second kappa shape index (κ2) is 7.07. The zero-order chi connectivity index (χ0) is 20.8. The summed E-state index contributed by atoms with van der Waals surface area (Å²) in [5.41, 5.74) is 3.00. The first-order chi connectivity index (χ1) is 13.9. The van der Waals surface area contributed by atoms with Crippen LogP contribution in [0, 0.1) is 6.92 Å². The van der Waals surface area contributed by atoms with E-state index < -0.39 is 5.60 Å². The molecule has 5 heteroatoms. The minimum Gasteiger partial charge on any atom is -0.486 e. The van der Waals surface area contributed by atoms with E-state index in [0.717, 1.165) is 24.1 Å². The molecule has 0 spiro atoms. The van der Waals surface area contributed by atoms with Crippen molar-refractivity contribution in [2.75, 3.05) is 5.32 Å². The van der Waals surface area contributed by atoms with Gasteiger partial charge in [0.1, 0.15) is 16.9 Å². The van der Waals surface area contributed by atoms with Gasteiger partial charge in [-0.15, -0.1) is 0 Å². The van der Waals surface area contributed by atoms with Crippen molar-refractivity contribution < 1.29 is 18.7 Å². The van der Waals surface area contributed by atoms with Gasteiger partial charge in [-0.1, -0.05) is 32.0 Å². The van der Waals surface area contributed by atoms with Crippen LogP contribution in [0.25, 0.3) is 11.0 Å². The summed E-state index contributed by atoms with van der Waals surface area (Å²) in [5.74, 6) is 0.477. The van der Waals surface area contributed by atoms with Crippen molar-refractivity contribution in [3.63, 3.8) is 0 Å². The SMILES string of the molecule is CCc1ccccc1NC(=O)c1oc2ccc3c(c2c1C)C(=O)C[C@](C)(CC)O3. The van der Waals surface area contributed by atoms with E-state index >= 15 is 0 Å². The third-order valence-corrected chi connectivity index (χ3v) is 5.83. The average molecular weight is 391 g/mol. The third-order valence-electron chi connectivity index (χ3n) is 5.83. The lowest BCUT2D eigenvalue weighted by atomic mass is 9.87. The number of para-hydroxylation sites is 1. The molecule has 0 aliphatic carbocycles. The Balaban J connectivity index is 1.77. The van der Waals surface area contributed by atoms with Crippen LogP contribution in [0.2, 0.25) is 0 Å². The van der Waals surface area contributed by atoms with E-state index in [-0.39, 0.29) is 17.5 Å². The molecule has 1 aromatic heterocycles. The lowest BCUT2D eigenvalue weighted by Crippen LogP contribution is -2.38. The van der Waals surface area contributed by atoms with Crippen molar-refractivity contribution >= 4 is 28.3 Å². The van der Waals surface area contributed by atoms with Gasteiger partial charge in [0.05, 0.1) is 12.0 Å². The molecule has 3 aromatic rings. The summed E-state index contributed by atoms with van der Waals surface area (Å²) in [5, 5.41) is 3.61. The average Bonchev–Trinajstić information content (AvgIpc) is 3.05. The Bertz CT molecular complexity index is 1130. The number of Topliss-reactive ketones (excluding diaryl/α,β-unsaturated/α-hetero) is 1. The minimum absolute atomic E-state index is 0.0217. The molecule has 1 N–H and O–H groups in total. The first-order valence-electron chi connectivity index (χ1n) is 10.0. The highest BCUT2D eigenvalue weighted by Gasteiger charge is 2.37. The Labute approximate surface area is 170 Å². The number of fused-ring (bicyclic) bond motifs is 3. The van der Waals surface area contributed by atoms with Crippen molar-refractivity contribution in [3.05, 3.63) is 58.8 Å². The van der Waals surface area contributed by atoms with E-state index in [1.807, 2.05) is 52.0 Å². The number of hydrogen-bond donors (Lipinski definition) is 1. The van der Waals surface area contributed by atoms with Crippen LogP contribution in [0.5, 0.6) is 5.75 Å². The van der Waals surface area contributed by atoms with E-state index in [9.17, 15) is 9.59 Å². The number of furan rings is 1. The molecule has 0 saturated heterocycles. The van der Waals surface area contributed by atoms with Gasteiger partial charge in [-0.25, -0.2) is 0 Å². The highest BCUT2D eigenvalue weighted by Crippen LogP contribution is 2.41. The van der Waals surface area contributed by atoms with Crippen molar-refractivity contribution in [2.45, 2.75) is 52.6 Å². The maximum absolute atomic E-state index is 13.0. The van der Waals surface area contributed by atoms with E-state index in [4.69, 9.17) is 9.15 Å². The monoisotopic (exact) mass is 391 g/mol. The molecule has 2 heterocycles. The molecule has 150 valence electrons. The second-order valence-electron chi connectivity index (χ2n) is 7.84. The Morgan fingerprint density at radius 3 is 2.66 bits per heavy atom. The standard InChI is InChI=1S/C24H25NO4/c1-5-15-9-7-8-10-16(15)25-23(27)22-14(3)20-18(28-22)11-12-19-21(20)17(26)13-24(4,6-2)29-19/h7-12H,5-6,13H2,1-4H3,(H,25,27)/t24-/m0/s1.